The molecule has 0 bridgehead atoms. The summed E-state index contributed by atoms with van der Waals surface area (Å²) in [5.41, 5.74) is 0. The van der Waals surface area contributed by atoms with Crippen molar-refractivity contribution in [1.82, 2.24) is 0 Å². The van der Waals surface area contributed by atoms with Gasteiger partial charge in [0, 0.05) is 0 Å². The minimum absolute atomic E-state index is 0.161. The molecular formula is C34H62O4S2. The van der Waals surface area contributed by atoms with Crippen LogP contribution in [0.4, 0.5) is 0 Å². The van der Waals surface area contributed by atoms with Crippen LogP contribution in [0.1, 0.15) is 181 Å². The molecule has 0 aromatic rings. The number of ether oxygens (including phenoxy) is 2. The summed E-state index contributed by atoms with van der Waals surface area (Å²) in [7, 11) is 0. The zero-order valence-corrected chi connectivity index (χ0v) is 27.9. The monoisotopic (exact) mass is 598 g/mol. The van der Waals surface area contributed by atoms with Crippen molar-refractivity contribution in [3.63, 3.8) is 0 Å². The van der Waals surface area contributed by atoms with Gasteiger partial charge in [-0.15, -0.1) is 0 Å². The van der Waals surface area contributed by atoms with Crippen molar-refractivity contribution in [2.24, 2.45) is 0 Å². The number of thiocarbonyl (C=S) groups is 2. The maximum Gasteiger partial charge on any atom is 0.306 e. The van der Waals surface area contributed by atoms with E-state index in [9.17, 15) is 9.59 Å². The summed E-state index contributed by atoms with van der Waals surface area (Å²) in [6, 6.07) is 0. The first-order valence-corrected chi connectivity index (χ1v) is 17.7. The van der Waals surface area contributed by atoms with E-state index in [4.69, 9.17) is 33.9 Å². The van der Waals surface area contributed by atoms with Gasteiger partial charge in [-0.2, -0.15) is 0 Å². The normalized spacial score (nSPS) is 10.9. The van der Waals surface area contributed by atoms with E-state index in [2.05, 4.69) is 13.8 Å². The molecule has 0 heterocycles. The molecule has 0 aromatic heterocycles. The van der Waals surface area contributed by atoms with Crippen LogP contribution in [0.15, 0.2) is 0 Å². The molecule has 0 aromatic carbocycles. The summed E-state index contributed by atoms with van der Waals surface area (Å²) in [5, 5.41) is 0. The first-order valence-electron chi connectivity index (χ1n) is 16.8. The molecule has 0 spiro atoms. The third-order valence-corrected chi connectivity index (χ3v) is 8.24. The molecular weight excluding hydrogens is 537 g/mol. The molecule has 0 N–H and O–H groups in total. The third kappa shape index (κ3) is 30.1. The maximum atomic E-state index is 12.0. The highest BCUT2D eigenvalue weighted by Crippen LogP contribution is 2.13. The highest BCUT2D eigenvalue weighted by molar-refractivity contribution is 7.80. The molecule has 6 heteroatoms. The van der Waals surface area contributed by atoms with Crippen molar-refractivity contribution < 1.29 is 19.1 Å². The number of carbonyl (C=O) groups excluding carboxylic acids is 2. The van der Waals surface area contributed by atoms with E-state index in [1.807, 2.05) is 0 Å². The summed E-state index contributed by atoms with van der Waals surface area (Å²) < 4.78 is 10.7. The quantitative estimate of drug-likeness (QED) is 0.0449. The fraction of sp³-hybridized carbons (Fsp3) is 0.882. The minimum atomic E-state index is -0.161. The Labute approximate surface area is 258 Å². The number of rotatable bonds is 31. The van der Waals surface area contributed by atoms with Gasteiger partial charge in [0.25, 0.3) is 0 Å². The van der Waals surface area contributed by atoms with Crippen molar-refractivity contribution in [3.8, 4) is 0 Å². The zero-order chi connectivity index (χ0) is 29.5. The molecule has 0 rings (SSSR count). The van der Waals surface area contributed by atoms with Gasteiger partial charge in [-0.3, -0.25) is 9.59 Å². The topological polar surface area (TPSA) is 52.6 Å². The lowest BCUT2D eigenvalue weighted by Gasteiger charge is -2.08. The Morgan fingerprint density at radius 2 is 0.650 bits per heavy atom. The average Bonchev–Trinajstić information content (AvgIpc) is 2.95. The fourth-order valence-electron chi connectivity index (χ4n) is 4.71. The van der Waals surface area contributed by atoms with Crippen molar-refractivity contribution >= 4 is 46.1 Å². The molecule has 0 aliphatic carbocycles. The molecule has 0 fully saturated rings. The van der Waals surface area contributed by atoms with E-state index >= 15 is 0 Å². The second kappa shape index (κ2) is 31.1. The van der Waals surface area contributed by atoms with E-state index in [1.165, 1.54) is 103 Å². The average molecular weight is 599 g/mol. The van der Waals surface area contributed by atoms with Gasteiger partial charge in [0.1, 0.15) is 0 Å². The molecule has 0 aliphatic heterocycles. The van der Waals surface area contributed by atoms with Crippen LogP contribution in [0.25, 0.3) is 0 Å². The zero-order valence-electron chi connectivity index (χ0n) is 26.2. The van der Waals surface area contributed by atoms with Crippen LogP contribution in [-0.4, -0.2) is 34.9 Å². The second-order valence-corrected chi connectivity index (χ2v) is 12.5. The van der Waals surface area contributed by atoms with Crippen molar-refractivity contribution in [3.05, 3.63) is 0 Å². The largest absolute Gasteiger partial charge is 0.466 e. The maximum absolute atomic E-state index is 12.0. The van der Waals surface area contributed by atoms with Gasteiger partial charge in [-0.1, -0.05) is 154 Å². The fourth-order valence-corrected chi connectivity index (χ4v) is 5.12. The van der Waals surface area contributed by atoms with Crippen LogP contribution in [0, 0.1) is 0 Å². The van der Waals surface area contributed by atoms with Crippen molar-refractivity contribution in [2.45, 2.75) is 181 Å². The minimum Gasteiger partial charge on any atom is -0.466 e. The SMILES string of the molecule is CCCCCCCCCCCCOC(=O)CCC(=S)CCC(=S)CCC(=O)OCCCCCCCCCCCC. The Kier molecular flexibility index (Phi) is 30.4. The molecule has 4 nitrogen and oxygen atoms in total. The molecule has 0 radical (unpaired) electrons. The molecule has 0 atom stereocenters. The summed E-state index contributed by atoms with van der Waals surface area (Å²) in [4.78, 5) is 25.7. The van der Waals surface area contributed by atoms with Crippen LogP contribution in [-0.2, 0) is 19.1 Å². The van der Waals surface area contributed by atoms with E-state index in [1.54, 1.807) is 0 Å². The van der Waals surface area contributed by atoms with Crippen LogP contribution < -0.4 is 0 Å². The van der Waals surface area contributed by atoms with Crippen LogP contribution in [0.2, 0.25) is 0 Å². The number of hydrogen-bond acceptors (Lipinski definition) is 6. The summed E-state index contributed by atoms with van der Waals surface area (Å²) in [6.07, 6.45) is 28.6. The summed E-state index contributed by atoms with van der Waals surface area (Å²) in [6.45, 7) is 5.53. The van der Waals surface area contributed by atoms with Crippen LogP contribution in [0.5, 0.6) is 0 Å². The van der Waals surface area contributed by atoms with Gasteiger partial charge in [-0.05, 0) is 48.3 Å². The Morgan fingerprint density at radius 1 is 0.400 bits per heavy atom. The molecule has 0 amide bonds. The number of carbonyl (C=O) groups is 2. The first-order chi connectivity index (χ1) is 19.5. The van der Waals surface area contributed by atoms with Gasteiger partial charge >= 0.3 is 11.9 Å². The van der Waals surface area contributed by atoms with Crippen LogP contribution in [0.3, 0.4) is 0 Å². The lowest BCUT2D eigenvalue weighted by molar-refractivity contribution is -0.144. The Bertz CT molecular complexity index is 581. The molecule has 0 aliphatic rings. The van der Waals surface area contributed by atoms with Gasteiger partial charge in [-0.25, -0.2) is 0 Å². The summed E-state index contributed by atoms with van der Waals surface area (Å²) in [5.74, 6) is -0.322. The van der Waals surface area contributed by atoms with Crippen molar-refractivity contribution in [2.75, 3.05) is 13.2 Å². The second-order valence-electron chi connectivity index (χ2n) is 11.4. The summed E-state index contributed by atoms with van der Waals surface area (Å²) >= 11 is 10.9. The van der Waals surface area contributed by atoms with Gasteiger partial charge in [0.15, 0.2) is 0 Å². The van der Waals surface area contributed by atoms with E-state index in [0.29, 0.717) is 51.7 Å². The first kappa shape index (κ1) is 39.1. The molecule has 0 saturated carbocycles. The Balaban J connectivity index is 3.53. The van der Waals surface area contributed by atoms with E-state index in [-0.39, 0.29) is 11.9 Å². The van der Waals surface area contributed by atoms with Gasteiger partial charge in [0.2, 0.25) is 0 Å². The van der Waals surface area contributed by atoms with E-state index in [0.717, 1.165) is 35.4 Å². The Morgan fingerprint density at radius 3 is 0.950 bits per heavy atom. The predicted molar refractivity (Wildman–Crippen MR) is 179 cm³/mol. The van der Waals surface area contributed by atoms with Crippen molar-refractivity contribution in [1.29, 1.82) is 0 Å². The molecule has 0 unspecified atom stereocenters. The lowest BCUT2D eigenvalue weighted by atomic mass is 10.1. The smallest absolute Gasteiger partial charge is 0.306 e. The highest BCUT2D eigenvalue weighted by atomic mass is 32.1. The molecule has 0 saturated heterocycles. The molecule has 234 valence electrons. The van der Waals surface area contributed by atoms with Crippen LogP contribution >= 0.6 is 24.4 Å². The van der Waals surface area contributed by atoms with E-state index < -0.39 is 0 Å². The predicted octanol–water partition coefficient (Wildman–Crippen LogP) is 11.0. The molecule has 40 heavy (non-hydrogen) atoms. The van der Waals surface area contributed by atoms with Gasteiger partial charge in [0.05, 0.1) is 26.1 Å². The highest BCUT2D eigenvalue weighted by Gasteiger charge is 2.09. The number of hydrogen-bond donors (Lipinski definition) is 0. The Hall–Kier alpha value is -0.880. The standard InChI is InChI=1S/C34H62O4S2/c1-3-5-7-9-11-13-15-17-19-21-29-37-33(35)27-25-31(39)23-24-32(40)26-28-34(36)38-30-22-20-18-16-14-12-10-8-6-4-2/h3-30H2,1-2H3. The number of esters is 2. The third-order valence-electron chi connectivity index (χ3n) is 7.42. The number of unbranched alkanes of at least 4 members (excludes halogenated alkanes) is 18. The lowest BCUT2D eigenvalue weighted by Crippen LogP contribution is -2.10. The van der Waals surface area contributed by atoms with Gasteiger partial charge < -0.3 is 9.47 Å².